The number of rotatable bonds is 7. The summed E-state index contributed by atoms with van der Waals surface area (Å²) >= 11 is 0. The van der Waals surface area contributed by atoms with Crippen LogP contribution in [-0.4, -0.2) is 47.7 Å². The van der Waals surface area contributed by atoms with Crippen LogP contribution in [0, 0.1) is 0 Å². The SMILES string of the molecule is COC(=O)c1ccc(C(=O)CCC(=O)c2ccc(C(=O)OC)[nH]2)[nH]1. The number of nitrogens with one attached hydrogen (secondary N) is 2. The van der Waals surface area contributed by atoms with E-state index < -0.39 is 11.9 Å². The van der Waals surface area contributed by atoms with Crippen LogP contribution in [0.15, 0.2) is 24.3 Å². The molecular formula is C16H16N2O6. The highest BCUT2D eigenvalue weighted by atomic mass is 16.5. The molecule has 0 aliphatic carbocycles. The van der Waals surface area contributed by atoms with Crippen molar-refractivity contribution >= 4 is 23.5 Å². The largest absolute Gasteiger partial charge is 0.464 e. The van der Waals surface area contributed by atoms with Gasteiger partial charge in [0, 0.05) is 12.8 Å². The van der Waals surface area contributed by atoms with Crippen molar-refractivity contribution in [3.05, 3.63) is 47.0 Å². The Kier molecular flexibility index (Phi) is 5.31. The van der Waals surface area contributed by atoms with Crippen molar-refractivity contribution in [2.24, 2.45) is 0 Å². The molecule has 0 unspecified atom stereocenters. The molecule has 0 aliphatic rings. The molecule has 0 aromatic carbocycles. The van der Waals surface area contributed by atoms with Gasteiger partial charge in [-0.25, -0.2) is 9.59 Å². The number of carbonyl (C=O) groups excluding carboxylic acids is 4. The first-order valence-electron chi connectivity index (χ1n) is 7.07. The molecule has 0 saturated carbocycles. The maximum Gasteiger partial charge on any atom is 0.354 e. The molecule has 126 valence electrons. The molecule has 0 bridgehead atoms. The first kappa shape index (κ1) is 17.2. The number of H-pyrrole nitrogens is 2. The normalized spacial score (nSPS) is 10.2. The van der Waals surface area contributed by atoms with E-state index in [9.17, 15) is 19.2 Å². The number of esters is 2. The van der Waals surface area contributed by atoms with E-state index in [1.54, 1.807) is 0 Å². The molecule has 2 rings (SSSR count). The number of Topliss-reactive ketones (excluding diaryl/α,β-unsaturated/α-hetero) is 2. The summed E-state index contributed by atoms with van der Waals surface area (Å²) in [7, 11) is 2.48. The zero-order valence-electron chi connectivity index (χ0n) is 13.2. The Labute approximate surface area is 137 Å². The van der Waals surface area contributed by atoms with Gasteiger partial charge in [0.1, 0.15) is 11.4 Å². The molecule has 2 aromatic heterocycles. The van der Waals surface area contributed by atoms with Crippen LogP contribution in [0.2, 0.25) is 0 Å². The average molecular weight is 332 g/mol. The maximum absolute atomic E-state index is 12.0. The molecule has 0 radical (unpaired) electrons. The average Bonchev–Trinajstić information content (AvgIpc) is 3.27. The Morgan fingerprint density at radius 1 is 0.708 bits per heavy atom. The Morgan fingerprint density at radius 3 is 1.38 bits per heavy atom. The smallest absolute Gasteiger partial charge is 0.354 e. The fourth-order valence-electron chi connectivity index (χ4n) is 2.07. The fraction of sp³-hybridized carbons (Fsp3) is 0.250. The summed E-state index contributed by atoms with van der Waals surface area (Å²) < 4.78 is 9.08. The standard InChI is InChI=1S/C16H16N2O6/c1-23-15(21)11-5-3-9(17-11)13(19)7-8-14(20)10-4-6-12(18-10)16(22)24-2/h3-6,17-18H,7-8H2,1-2H3. The van der Waals surface area contributed by atoms with Gasteiger partial charge in [0.2, 0.25) is 0 Å². The summed E-state index contributed by atoms with van der Waals surface area (Å²) in [6, 6.07) is 5.80. The van der Waals surface area contributed by atoms with Gasteiger partial charge in [0.15, 0.2) is 11.6 Å². The van der Waals surface area contributed by atoms with Crippen molar-refractivity contribution < 1.29 is 28.7 Å². The highest BCUT2D eigenvalue weighted by Gasteiger charge is 2.17. The Balaban J connectivity index is 1.95. The van der Waals surface area contributed by atoms with Gasteiger partial charge in [-0.15, -0.1) is 0 Å². The number of aromatic amines is 2. The number of methoxy groups -OCH3 is 2. The first-order chi connectivity index (χ1) is 11.5. The Hall–Kier alpha value is -3.16. The summed E-state index contributed by atoms with van der Waals surface area (Å²) in [5, 5.41) is 0. The van der Waals surface area contributed by atoms with Gasteiger partial charge in [-0.1, -0.05) is 0 Å². The van der Waals surface area contributed by atoms with Gasteiger partial charge in [-0.05, 0) is 24.3 Å². The highest BCUT2D eigenvalue weighted by molar-refractivity contribution is 6.02. The van der Waals surface area contributed by atoms with E-state index in [0.29, 0.717) is 0 Å². The van der Waals surface area contributed by atoms with E-state index in [4.69, 9.17) is 0 Å². The molecule has 8 heteroatoms. The Morgan fingerprint density at radius 2 is 1.04 bits per heavy atom. The van der Waals surface area contributed by atoms with Crippen LogP contribution in [0.25, 0.3) is 0 Å². The number of ketones is 2. The zero-order valence-corrected chi connectivity index (χ0v) is 13.2. The van der Waals surface area contributed by atoms with Crippen LogP contribution in [0.1, 0.15) is 54.8 Å². The van der Waals surface area contributed by atoms with Crippen molar-refractivity contribution in [1.82, 2.24) is 9.97 Å². The van der Waals surface area contributed by atoms with Gasteiger partial charge >= 0.3 is 11.9 Å². The van der Waals surface area contributed by atoms with Crippen LogP contribution in [-0.2, 0) is 9.47 Å². The molecular weight excluding hydrogens is 316 g/mol. The summed E-state index contributed by atoms with van der Waals surface area (Å²) in [5.74, 6) is -1.77. The number of hydrogen-bond acceptors (Lipinski definition) is 6. The van der Waals surface area contributed by atoms with Crippen LogP contribution in [0.3, 0.4) is 0 Å². The molecule has 0 amide bonds. The van der Waals surface area contributed by atoms with E-state index in [1.807, 2.05) is 0 Å². The summed E-state index contributed by atoms with van der Waals surface area (Å²) in [5.41, 5.74) is 0.786. The summed E-state index contributed by atoms with van der Waals surface area (Å²) in [6.45, 7) is 0. The van der Waals surface area contributed by atoms with E-state index in [0.717, 1.165) is 0 Å². The molecule has 0 atom stereocenters. The third-order valence-electron chi connectivity index (χ3n) is 3.36. The van der Waals surface area contributed by atoms with Crippen LogP contribution in [0.4, 0.5) is 0 Å². The van der Waals surface area contributed by atoms with Crippen molar-refractivity contribution in [1.29, 1.82) is 0 Å². The number of ether oxygens (including phenoxy) is 2. The lowest BCUT2D eigenvalue weighted by atomic mass is 10.1. The quantitative estimate of drug-likeness (QED) is 0.589. The minimum atomic E-state index is -0.577. The van der Waals surface area contributed by atoms with E-state index in [1.165, 1.54) is 38.5 Å². The highest BCUT2D eigenvalue weighted by Crippen LogP contribution is 2.11. The Bertz CT molecular complexity index is 720. The predicted molar refractivity (Wildman–Crippen MR) is 82.2 cm³/mol. The van der Waals surface area contributed by atoms with Gasteiger partial charge < -0.3 is 19.4 Å². The van der Waals surface area contributed by atoms with Gasteiger partial charge in [0.25, 0.3) is 0 Å². The van der Waals surface area contributed by atoms with Gasteiger partial charge in [-0.3, -0.25) is 9.59 Å². The maximum atomic E-state index is 12.0. The minimum Gasteiger partial charge on any atom is -0.464 e. The topological polar surface area (TPSA) is 118 Å². The molecule has 2 aromatic rings. The van der Waals surface area contributed by atoms with Crippen molar-refractivity contribution in [2.75, 3.05) is 14.2 Å². The zero-order chi connectivity index (χ0) is 17.7. The molecule has 24 heavy (non-hydrogen) atoms. The number of hydrogen-bond donors (Lipinski definition) is 2. The van der Waals surface area contributed by atoms with Crippen LogP contribution in [0.5, 0.6) is 0 Å². The van der Waals surface area contributed by atoms with Gasteiger partial charge in [-0.2, -0.15) is 0 Å². The van der Waals surface area contributed by atoms with Crippen molar-refractivity contribution in [3.8, 4) is 0 Å². The van der Waals surface area contributed by atoms with Crippen LogP contribution >= 0.6 is 0 Å². The molecule has 0 aliphatic heterocycles. The predicted octanol–water partition coefficient (Wildman–Crippen LogP) is 1.76. The van der Waals surface area contributed by atoms with E-state index in [-0.39, 0.29) is 47.2 Å². The number of aromatic nitrogens is 2. The van der Waals surface area contributed by atoms with Crippen molar-refractivity contribution in [2.45, 2.75) is 12.8 Å². The number of carbonyl (C=O) groups is 4. The fourth-order valence-corrected chi connectivity index (χ4v) is 2.07. The first-order valence-corrected chi connectivity index (χ1v) is 7.07. The molecule has 8 nitrogen and oxygen atoms in total. The second kappa shape index (κ2) is 7.40. The lowest BCUT2D eigenvalue weighted by Gasteiger charge is -1.99. The third kappa shape index (κ3) is 3.78. The lowest BCUT2D eigenvalue weighted by molar-refractivity contribution is 0.0585. The monoisotopic (exact) mass is 332 g/mol. The summed E-state index contributed by atoms with van der Waals surface area (Å²) in [6.07, 6.45) is -0.0704. The molecule has 0 fully saturated rings. The van der Waals surface area contributed by atoms with E-state index in [2.05, 4.69) is 19.4 Å². The molecule has 0 spiro atoms. The lowest BCUT2D eigenvalue weighted by Crippen LogP contribution is -2.08. The summed E-state index contributed by atoms with van der Waals surface area (Å²) in [4.78, 5) is 52.0. The minimum absolute atomic E-state index is 0.0352. The van der Waals surface area contributed by atoms with Crippen molar-refractivity contribution in [3.63, 3.8) is 0 Å². The third-order valence-corrected chi connectivity index (χ3v) is 3.36. The second-order valence-electron chi connectivity index (χ2n) is 4.90. The molecule has 2 heterocycles. The molecule has 0 saturated heterocycles. The van der Waals surface area contributed by atoms with E-state index >= 15 is 0 Å². The molecule has 2 N–H and O–H groups in total. The van der Waals surface area contributed by atoms with Crippen LogP contribution < -0.4 is 0 Å². The van der Waals surface area contributed by atoms with Gasteiger partial charge in [0.05, 0.1) is 25.6 Å². The second-order valence-corrected chi connectivity index (χ2v) is 4.90.